The third-order valence-corrected chi connectivity index (χ3v) is 4.61. The molecule has 3 rings (SSSR count). The van der Waals surface area contributed by atoms with Crippen molar-refractivity contribution in [3.8, 4) is 0 Å². The van der Waals surface area contributed by atoms with Gasteiger partial charge in [0.15, 0.2) is 0 Å². The van der Waals surface area contributed by atoms with E-state index in [2.05, 4.69) is 28.8 Å². The molecule has 0 spiro atoms. The number of hydrogen-bond donors (Lipinski definition) is 2. The van der Waals surface area contributed by atoms with Crippen LogP contribution in [0.15, 0.2) is 18.2 Å². The zero-order chi connectivity index (χ0) is 13.3. The first-order valence-electron chi connectivity index (χ1n) is 7.27. The van der Waals surface area contributed by atoms with Crippen LogP contribution in [0.5, 0.6) is 0 Å². The van der Waals surface area contributed by atoms with Crippen molar-refractivity contribution >= 4 is 11.6 Å². The van der Waals surface area contributed by atoms with Gasteiger partial charge in [-0.3, -0.25) is 4.79 Å². The van der Waals surface area contributed by atoms with Crippen molar-refractivity contribution in [2.45, 2.75) is 38.5 Å². The molecule has 0 bridgehead atoms. The second-order valence-electron chi connectivity index (χ2n) is 6.10. The maximum absolute atomic E-state index is 11.4. The molecule has 0 aromatic heterocycles. The van der Waals surface area contributed by atoms with E-state index >= 15 is 0 Å². The highest BCUT2D eigenvalue weighted by molar-refractivity contribution is 5.93. The van der Waals surface area contributed by atoms with E-state index in [0.29, 0.717) is 11.8 Å². The predicted octanol–water partition coefficient (Wildman–Crippen LogP) is 2.50. The van der Waals surface area contributed by atoms with Crippen LogP contribution in [0.25, 0.3) is 0 Å². The molecule has 3 heteroatoms. The van der Waals surface area contributed by atoms with E-state index in [1.165, 1.54) is 30.4 Å². The van der Waals surface area contributed by atoms with Gasteiger partial charge in [0.05, 0.1) is 0 Å². The monoisotopic (exact) mass is 258 g/mol. The number of aryl methyl sites for hydroxylation is 1. The van der Waals surface area contributed by atoms with Gasteiger partial charge in [-0.15, -0.1) is 0 Å². The third kappa shape index (κ3) is 2.52. The van der Waals surface area contributed by atoms with Crippen LogP contribution >= 0.6 is 0 Å². The normalized spacial score (nSPS) is 20.4. The minimum Gasteiger partial charge on any atom is -0.326 e. The molecule has 1 amide bonds. The van der Waals surface area contributed by atoms with Crippen LogP contribution in [-0.2, 0) is 17.6 Å². The second-order valence-corrected chi connectivity index (χ2v) is 6.10. The van der Waals surface area contributed by atoms with Crippen LogP contribution < -0.4 is 10.6 Å². The molecule has 1 fully saturated rings. The van der Waals surface area contributed by atoms with Crippen molar-refractivity contribution in [2.75, 3.05) is 18.9 Å². The Labute approximate surface area is 114 Å². The van der Waals surface area contributed by atoms with Crippen LogP contribution in [0, 0.1) is 5.41 Å². The van der Waals surface area contributed by atoms with Gasteiger partial charge in [-0.2, -0.15) is 0 Å². The minimum atomic E-state index is 0.144. The lowest BCUT2D eigenvalue weighted by Gasteiger charge is -2.42. The number of amides is 1. The SMILES string of the molecule is CNCC1(Cc2ccc3c(c2)CCC(=O)N3)CCC1. The van der Waals surface area contributed by atoms with Crippen LogP contribution in [0.2, 0.25) is 0 Å². The summed E-state index contributed by atoms with van der Waals surface area (Å²) >= 11 is 0. The first kappa shape index (κ1) is 12.7. The van der Waals surface area contributed by atoms with Gasteiger partial charge in [0, 0.05) is 18.7 Å². The summed E-state index contributed by atoms with van der Waals surface area (Å²) in [5, 5.41) is 6.29. The lowest BCUT2D eigenvalue weighted by Crippen LogP contribution is -2.40. The number of carbonyl (C=O) groups excluding carboxylic acids is 1. The Hall–Kier alpha value is -1.35. The van der Waals surface area contributed by atoms with Crippen LogP contribution in [0.3, 0.4) is 0 Å². The number of carbonyl (C=O) groups is 1. The molecule has 1 aromatic carbocycles. The Morgan fingerprint density at radius 1 is 1.32 bits per heavy atom. The lowest BCUT2D eigenvalue weighted by molar-refractivity contribution is -0.116. The van der Waals surface area contributed by atoms with E-state index in [9.17, 15) is 4.79 Å². The molecule has 102 valence electrons. The largest absolute Gasteiger partial charge is 0.326 e. The average molecular weight is 258 g/mol. The van der Waals surface area contributed by atoms with E-state index < -0.39 is 0 Å². The molecule has 1 heterocycles. The molecule has 19 heavy (non-hydrogen) atoms. The van der Waals surface area contributed by atoms with Crippen LogP contribution in [-0.4, -0.2) is 19.5 Å². The summed E-state index contributed by atoms with van der Waals surface area (Å²) in [5.74, 6) is 0.144. The van der Waals surface area contributed by atoms with Crippen molar-refractivity contribution in [3.63, 3.8) is 0 Å². The summed E-state index contributed by atoms with van der Waals surface area (Å²) < 4.78 is 0. The quantitative estimate of drug-likeness (QED) is 0.871. The number of benzene rings is 1. The smallest absolute Gasteiger partial charge is 0.224 e. The fourth-order valence-corrected chi connectivity index (χ4v) is 3.45. The lowest BCUT2D eigenvalue weighted by atomic mass is 9.65. The molecule has 1 aliphatic heterocycles. The van der Waals surface area contributed by atoms with Gasteiger partial charge in [0.25, 0.3) is 0 Å². The van der Waals surface area contributed by atoms with Gasteiger partial charge in [-0.1, -0.05) is 18.6 Å². The summed E-state index contributed by atoms with van der Waals surface area (Å²) in [6.07, 6.45) is 6.70. The molecule has 1 saturated carbocycles. The van der Waals surface area contributed by atoms with Crippen molar-refractivity contribution in [1.29, 1.82) is 0 Å². The molecular formula is C16H22N2O. The van der Waals surface area contributed by atoms with Gasteiger partial charge in [0.2, 0.25) is 5.91 Å². The van der Waals surface area contributed by atoms with E-state index in [1.54, 1.807) is 0 Å². The number of hydrogen-bond acceptors (Lipinski definition) is 2. The maximum Gasteiger partial charge on any atom is 0.224 e. The maximum atomic E-state index is 11.4. The van der Waals surface area contributed by atoms with Gasteiger partial charge in [0.1, 0.15) is 0 Å². The molecule has 0 radical (unpaired) electrons. The number of fused-ring (bicyclic) bond motifs is 1. The second kappa shape index (κ2) is 4.97. The molecule has 0 unspecified atom stereocenters. The standard InChI is InChI=1S/C16H22N2O/c1-17-11-16(7-2-8-16)10-12-3-5-14-13(9-12)4-6-15(19)18-14/h3,5,9,17H,2,4,6-8,10-11H2,1H3,(H,18,19). The number of rotatable bonds is 4. The summed E-state index contributed by atoms with van der Waals surface area (Å²) in [5.41, 5.74) is 4.21. The van der Waals surface area contributed by atoms with Gasteiger partial charge < -0.3 is 10.6 Å². The molecule has 3 nitrogen and oxygen atoms in total. The van der Waals surface area contributed by atoms with E-state index in [1.807, 2.05) is 7.05 Å². The van der Waals surface area contributed by atoms with Crippen molar-refractivity contribution in [2.24, 2.45) is 5.41 Å². The zero-order valence-corrected chi connectivity index (χ0v) is 11.6. The summed E-state index contributed by atoms with van der Waals surface area (Å²) in [7, 11) is 2.04. The topological polar surface area (TPSA) is 41.1 Å². The van der Waals surface area contributed by atoms with Gasteiger partial charge in [-0.05, 0) is 55.3 Å². The predicted molar refractivity (Wildman–Crippen MR) is 77.3 cm³/mol. The van der Waals surface area contributed by atoms with Crippen LogP contribution in [0.4, 0.5) is 5.69 Å². The first-order chi connectivity index (χ1) is 9.21. The van der Waals surface area contributed by atoms with E-state index in [0.717, 1.165) is 25.1 Å². The van der Waals surface area contributed by atoms with E-state index in [-0.39, 0.29) is 5.91 Å². The first-order valence-corrected chi connectivity index (χ1v) is 7.27. The highest BCUT2D eigenvalue weighted by Crippen LogP contribution is 2.43. The van der Waals surface area contributed by atoms with E-state index in [4.69, 9.17) is 0 Å². The molecule has 1 aliphatic carbocycles. The van der Waals surface area contributed by atoms with Crippen molar-refractivity contribution in [3.05, 3.63) is 29.3 Å². The average Bonchev–Trinajstić information content (AvgIpc) is 2.36. The molecule has 0 atom stereocenters. The molecule has 0 saturated heterocycles. The van der Waals surface area contributed by atoms with Crippen molar-refractivity contribution in [1.82, 2.24) is 5.32 Å². The summed E-state index contributed by atoms with van der Waals surface area (Å²) in [4.78, 5) is 11.4. The fraction of sp³-hybridized carbons (Fsp3) is 0.562. The Kier molecular flexibility index (Phi) is 3.31. The highest BCUT2D eigenvalue weighted by atomic mass is 16.1. The minimum absolute atomic E-state index is 0.144. The Balaban J connectivity index is 1.77. The van der Waals surface area contributed by atoms with Gasteiger partial charge >= 0.3 is 0 Å². The number of nitrogens with one attached hydrogen (secondary N) is 2. The molecule has 2 aliphatic rings. The third-order valence-electron chi connectivity index (χ3n) is 4.61. The molecule has 1 aromatic rings. The number of anilines is 1. The van der Waals surface area contributed by atoms with Crippen molar-refractivity contribution < 1.29 is 4.79 Å². The van der Waals surface area contributed by atoms with Gasteiger partial charge in [-0.25, -0.2) is 0 Å². The Bertz CT molecular complexity index is 492. The van der Waals surface area contributed by atoms with Crippen LogP contribution in [0.1, 0.15) is 36.8 Å². The summed E-state index contributed by atoms with van der Waals surface area (Å²) in [6.45, 7) is 1.11. The molecule has 2 N–H and O–H groups in total. The summed E-state index contributed by atoms with van der Waals surface area (Å²) in [6, 6.07) is 6.55. The zero-order valence-electron chi connectivity index (χ0n) is 11.6. The molecular weight excluding hydrogens is 236 g/mol. The Morgan fingerprint density at radius 2 is 2.16 bits per heavy atom. The Morgan fingerprint density at radius 3 is 2.84 bits per heavy atom. The highest BCUT2D eigenvalue weighted by Gasteiger charge is 2.36. The fourth-order valence-electron chi connectivity index (χ4n) is 3.45.